The Kier molecular flexibility index (Phi) is 3.43. The quantitative estimate of drug-likeness (QED) is 0.796. The molecule has 0 N–H and O–H groups in total. The molecule has 104 valence electrons. The second kappa shape index (κ2) is 4.63. The van der Waals surface area contributed by atoms with Crippen LogP contribution in [0, 0.1) is 0 Å². The van der Waals surface area contributed by atoms with Gasteiger partial charge in [-0.1, -0.05) is 12.1 Å². The molecule has 19 heavy (non-hydrogen) atoms. The number of benzene rings is 1. The molecule has 1 aliphatic rings. The molecule has 1 aromatic carbocycles. The van der Waals surface area contributed by atoms with Crippen LogP contribution < -0.4 is 4.74 Å². The lowest BCUT2D eigenvalue weighted by molar-refractivity contribution is 0.0949. The van der Waals surface area contributed by atoms with Gasteiger partial charge in [-0.15, -0.1) is 0 Å². The van der Waals surface area contributed by atoms with E-state index in [9.17, 15) is 13.2 Å². The summed E-state index contributed by atoms with van der Waals surface area (Å²) in [6.45, 7) is 3.44. The van der Waals surface area contributed by atoms with Crippen LogP contribution in [0.3, 0.4) is 0 Å². The Hall–Kier alpha value is -1.36. The lowest BCUT2D eigenvalue weighted by atomic mass is 9.95. The highest BCUT2D eigenvalue weighted by atomic mass is 32.2. The zero-order valence-corrected chi connectivity index (χ0v) is 12.2. The average molecular weight is 282 g/mol. The van der Waals surface area contributed by atoms with Gasteiger partial charge in [-0.25, -0.2) is 8.42 Å². The molecule has 0 amide bonds. The second-order valence-electron chi connectivity index (χ2n) is 5.36. The summed E-state index contributed by atoms with van der Waals surface area (Å²) in [5.74, 6) is 0.143. The Labute approximate surface area is 113 Å². The van der Waals surface area contributed by atoms with Gasteiger partial charge in [0.15, 0.2) is 15.6 Å². The van der Waals surface area contributed by atoms with E-state index in [1.54, 1.807) is 12.1 Å². The largest absolute Gasteiger partial charge is 0.493 e. The molecule has 0 bridgehead atoms. The molecule has 2 rings (SSSR count). The number of aryl methyl sites for hydroxylation is 1. The van der Waals surface area contributed by atoms with E-state index in [4.69, 9.17) is 4.74 Å². The Morgan fingerprint density at radius 3 is 2.63 bits per heavy atom. The number of rotatable bonds is 3. The maximum atomic E-state index is 12.5. The Balaban J connectivity index is 2.52. The second-order valence-corrected chi connectivity index (χ2v) is 7.92. The van der Waals surface area contributed by atoms with Crippen molar-refractivity contribution in [1.82, 2.24) is 0 Å². The first-order chi connectivity index (χ1) is 8.75. The minimum absolute atomic E-state index is 0.368. The summed E-state index contributed by atoms with van der Waals surface area (Å²) in [5.41, 5.74) is 1.34. The molecule has 0 atom stereocenters. The van der Waals surface area contributed by atoms with Crippen LogP contribution in [0.5, 0.6) is 5.75 Å². The molecule has 1 heterocycles. The number of carbonyl (C=O) groups excluding carboxylic acids is 1. The van der Waals surface area contributed by atoms with Crippen molar-refractivity contribution in [3.05, 3.63) is 29.3 Å². The predicted molar refractivity (Wildman–Crippen MR) is 73.5 cm³/mol. The van der Waals surface area contributed by atoms with Crippen molar-refractivity contribution >= 4 is 15.6 Å². The standard InChI is InChI=1S/C14H18O4S/c1-14(2,19(3,16)17)13(15)11-8-4-6-10-7-5-9-18-12(10)11/h4,6,8H,5,7,9H2,1-3H3. The van der Waals surface area contributed by atoms with Gasteiger partial charge in [-0.05, 0) is 38.3 Å². The van der Waals surface area contributed by atoms with E-state index < -0.39 is 20.4 Å². The van der Waals surface area contributed by atoms with Crippen molar-refractivity contribution in [3.63, 3.8) is 0 Å². The van der Waals surface area contributed by atoms with Gasteiger partial charge in [0, 0.05) is 6.26 Å². The highest BCUT2D eigenvalue weighted by molar-refractivity contribution is 7.92. The molecular formula is C14H18O4S. The van der Waals surface area contributed by atoms with E-state index in [1.807, 2.05) is 6.07 Å². The van der Waals surface area contributed by atoms with Crippen LogP contribution in [0.1, 0.15) is 36.2 Å². The Morgan fingerprint density at radius 2 is 2.00 bits per heavy atom. The van der Waals surface area contributed by atoms with Crippen LogP contribution in [0.25, 0.3) is 0 Å². The Morgan fingerprint density at radius 1 is 1.32 bits per heavy atom. The minimum Gasteiger partial charge on any atom is -0.493 e. The molecule has 0 saturated heterocycles. The number of ketones is 1. The highest BCUT2D eigenvalue weighted by Gasteiger charge is 2.40. The van der Waals surface area contributed by atoms with E-state index in [0.29, 0.717) is 17.9 Å². The van der Waals surface area contributed by atoms with E-state index in [2.05, 4.69) is 0 Å². The average Bonchev–Trinajstić information content (AvgIpc) is 2.36. The third kappa shape index (κ3) is 2.39. The van der Waals surface area contributed by atoms with Gasteiger partial charge in [0.25, 0.3) is 0 Å². The smallest absolute Gasteiger partial charge is 0.187 e. The summed E-state index contributed by atoms with van der Waals surface area (Å²) in [6.07, 6.45) is 2.86. The van der Waals surface area contributed by atoms with Crippen LogP contribution in [-0.4, -0.2) is 31.8 Å². The molecule has 0 spiro atoms. The molecule has 0 fully saturated rings. The van der Waals surface area contributed by atoms with Crippen molar-refractivity contribution in [1.29, 1.82) is 0 Å². The maximum Gasteiger partial charge on any atom is 0.187 e. The maximum absolute atomic E-state index is 12.5. The normalized spacial score (nSPS) is 15.5. The summed E-state index contributed by atoms with van der Waals surface area (Å²) in [6, 6.07) is 5.33. The van der Waals surface area contributed by atoms with Gasteiger partial charge in [0.05, 0.1) is 12.2 Å². The predicted octanol–water partition coefficient (Wildman–Crippen LogP) is 2.02. The molecular weight excluding hydrogens is 264 g/mol. The number of carbonyl (C=O) groups is 1. The van der Waals surface area contributed by atoms with Gasteiger partial charge in [-0.2, -0.15) is 0 Å². The molecule has 1 aromatic rings. The monoisotopic (exact) mass is 282 g/mol. The fraction of sp³-hybridized carbons (Fsp3) is 0.500. The Bertz CT molecular complexity index is 614. The van der Waals surface area contributed by atoms with Crippen LogP contribution in [0.2, 0.25) is 0 Å². The molecule has 0 aromatic heterocycles. The highest BCUT2D eigenvalue weighted by Crippen LogP contribution is 2.33. The van der Waals surface area contributed by atoms with E-state index >= 15 is 0 Å². The zero-order valence-electron chi connectivity index (χ0n) is 11.4. The van der Waals surface area contributed by atoms with E-state index in [-0.39, 0.29) is 0 Å². The zero-order chi connectivity index (χ0) is 14.3. The molecule has 5 heteroatoms. The third-order valence-corrected chi connectivity index (χ3v) is 5.69. The first-order valence-electron chi connectivity index (χ1n) is 6.24. The number of sulfone groups is 1. The van der Waals surface area contributed by atoms with Gasteiger partial charge in [0.2, 0.25) is 0 Å². The van der Waals surface area contributed by atoms with Crippen molar-refractivity contribution in [2.24, 2.45) is 0 Å². The molecule has 0 aliphatic carbocycles. The fourth-order valence-electron chi connectivity index (χ4n) is 2.06. The van der Waals surface area contributed by atoms with E-state index in [1.165, 1.54) is 13.8 Å². The number of hydrogen-bond acceptors (Lipinski definition) is 4. The van der Waals surface area contributed by atoms with Gasteiger partial charge < -0.3 is 4.74 Å². The van der Waals surface area contributed by atoms with Gasteiger partial charge in [-0.3, -0.25) is 4.79 Å². The topological polar surface area (TPSA) is 60.4 Å². The summed E-state index contributed by atoms with van der Waals surface area (Å²) >= 11 is 0. The lowest BCUT2D eigenvalue weighted by Crippen LogP contribution is -2.40. The summed E-state index contributed by atoms with van der Waals surface area (Å²) in [5, 5.41) is 0. The first kappa shape index (κ1) is 14.1. The molecule has 1 aliphatic heterocycles. The SMILES string of the molecule is CC(C)(C(=O)c1cccc2c1OCCC2)S(C)(=O)=O. The van der Waals surface area contributed by atoms with E-state index in [0.717, 1.165) is 24.7 Å². The van der Waals surface area contributed by atoms with Crippen LogP contribution >= 0.6 is 0 Å². The van der Waals surface area contributed by atoms with Crippen molar-refractivity contribution in [2.75, 3.05) is 12.9 Å². The van der Waals surface area contributed by atoms with Crippen molar-refractivity contribution < 1.29 is 17.9 Å². The summed E-state index contributed by atoms with van der Waals surface area (Å²) in [7, 11) is -3.48. The number of Topliss-reactive ketones (excluding diaryl/α,β-unsaturated/α-hetero) is 1. The van der Waals surface area contributed by atoms with Crippen molar-refractivity contribution in [2.45, 2.75) is 31.4 Å². The molecule has 0 unspecified atom stereocenters. The number of fused-ring (bicyclic) bond motifs is 1. The summed E-state index contributed by atoms with van der Waals surface area (Å²) in [4.78, 5) is 12.5. The van der Waals surface area contributed by atoms with Gasteiger partial charge >= 0.3 is 0 Å². The number of hydrogen-bond donors (Lipinski definition) is 0. The molecule has 4 nitrogen and oxygen atoms in total. The van der Waals surface area contributed by atoms with Gasteiger partial charge in [0.1, 0.15) is 10.5 Å². The minimum atomic E-state index is -3.48. The molecule has 0 saturated carbocycles. The number of para-hydroxylation sites is 1. The first-order valence-corrected chi connectivity index (χ1v) is 8.13. The van der Waals surface area contributed by atoms with Crippen LogP contribution in [-0.2, 0) is 16.3 Å². The fourth-order valence-corrected chi connectivity index (χ4v) is 2.51. The molecule has 0 radical (unpaired) electrons. The number of ether oxygens (including phenoxy) is 1. The van der Waals surface area contributed by atoms with Crippen LogP contribution in [0.4, 0.5) is 0 Å². The van der Waals surface area contributed by atoms with Crippen LogP contribution in [0.15, 0.2) is 18.2 Å². The lowest BCUT2D eigenvalue weighted by Gasteiger charge is -2.25. The van der Waals surface area contributed by atoms with Crippen molar-refractivity contribution in [3.8, 4) is 5.75 Å². The third-order valence-electron chi connectivity index (χ3n) is 3.65. The summed E-state index contributed by atoms with van der Waals surface area (Å²) < 4.78 is 27.7.